The summed E-state index contributed by atoms with van der Waals surface area (Å²) in [4.78, 5) is 4.19. The van der Waals surface area contributed by atoms with E-state index in [0.717, 1.165) is 6.42 Å². The first-order valence-electron chi connectivity index (χ1n) is 6.51. The summed E-state index contributed by atoms with van der Waals surface area (Å²) in [6.07, 6.45) is 11.6. The van der Waals surface area contributed by atoms with Crippen molar-refractivity contribution < 1.29 is 0 Å². The van der Waals surface area contributed by atoms with Crippen molar-refractivity contribution in [3.63, 3.8) is 0 Å². The fourth-order valence-electron chi connectivity index (χ4n) is 2.81. The van der Waals surface area contributed by atoms with E-state index in [1.165, 1.54) is 43.2 Å². The zero-order valence-electron chi connectivity index (χ0n) is 10.2. The Balaban J connectivity index is 2.15. The van der Waals surface area contributed by atoms with Crippen molar-refractivity contribution in [3.05, 3.63) is 29.6 Å². The fourth-order valence-corrected chi connectivity index (χ4v) is 2.81. The van der Waals surface area contributed by atoms with Crippen molar-refractivity contribution in [2.24, 2.45) is 11.7 Å². The number of hydrogen-bond acceptors (Lipinski definition) is 2. The van der Waals surface area contributed by atoms with Crippen LogP contribution in [-0.2, 0) is 6.42 Å². The molecule has 1 aromatic heterocycles. The molecule has 88 valence electrons. The van der Waals surface area contributed by atoms with Crippen LogP contribution in [0.3, 0.4) is 0 Å². The predicted octanol–water partition coefficient (Wildman–Crippen LogP) is 3.22. The van der Waals surface area contributed by atoms with Crippen molar-refractivity contribution in [1.29, 1.82) is 0 Å². The molecule has 1 fully saturated rings. The topological polar surface area (TPSA) is 38.9 Å². The second kappa shape index (κ2) is 5.44. The molecular formula is C14H22N2. The number of hydrogen-bond donors (Lipinski definition) is 1. The summed E-state index contributed by atoms with van der Waals surface area (Å²) < 4.78 is 0. The van der Waals surface area contributed by atoms with E-state index >= 15 is 0 Å². The highest BCUT2D eigenvalue weighted by Gasteiger charge is 2.23. The lowest BCUT2D eigenvalue weighted by molar-refractivity contribution is 0.307. The number of nitrogens with two attached hydrogens (primary N) is 1. The fraction of sp³-hybridized carbons (Fsp3) is 0.643. The van der Waals surface area contributed by atoms with Gasteiger partial charge in [0, 0.05) is 18.4 Å². The van der Waals surface area contributed by atoms with Crippen LogP contribution in [0.15, 0.2) is 18.5 Å². The van der Waals surface area contributed by atoms with Crippen molar-refractivity contribution in [2.45, 2.75) is 51.5 Å². The Morgan fingerprint density at radius 1 is 1.38 bits per heavy atom. The third-order valence-electron chi connectivity index (χ3n) is 3.84. The molecule has 2 rings (SSSR count). The van der Waals surface area contributed by atoms with Crippen LogP contribution in [0.4, 0.5) is 0 Å². The first-order chi connectivity index (χ1) is 7.83. The van der Waals surface area contributed by atoms with Crippen LogP contribution in [0.5, 0.6) is 0 Å². The minimum atomic E-state index is 0.221. The minimum Gasteiger partial charge on any atom is -0.324 e. The van der Waals surface area contributed by atoms with Gasteiger partial charge >= 0.3 is 0 Å². The van der Waals surface area contributed by atoms with Gasteiger partial charge in [-0.25, -0.2) is 0 Å². The molecule has 1 aliphatic rings. The lowest BCUT2D eigenvalue weighted by Crippen LogP contribution is -2.24. The van der Waals surface area contributed by atoms with Crippen molar-refractivity contribution in [1.82, 2.24) is 4.98 Å². The summed E-state index contributed by atoms with van der Waals surface area (Å²) in [5, 5.41) is 0. The van der Waals surface area contributed by atoms with Gasteiger partial charge in [-0.05, 0) is 42.4 Å². The number of pyridine rings is 1. The van der Waals surface area contributed by atoms with Crippen molar-refractivity contribution in [3.8, 4) is 0 Å². The first kappa shape index (κ1) is 11.6. The van der Waals surface area contributed by atoms with E-state index in [4.69, 9.17) is 5.73 Å². The third-order valence-corrected chi connectivity index (χ3v) is 3.84. The molecule has 1 unspecified atom stereocenters. The van der Waals surface area contributed by atoms with E-state index in [-0.39, 0.29) is 6.04 Å². The van der Waals surface area contributed by atoms with Gasteiger partial charge in [-0.2, -0.15) is 0 Å². The molecule has 1 aliphatic carbocycles. The Hall–Kier alpha value is -0.890. The maximum atomic E-state index is 6.42. The molecule has 0 amide bonds. The SMILES string of the molecule is CCc1cnccc1C(N)C1CCCCC1. The van der Waals surface area contributed by atoms with Crippen LogP contribution in [0.2, 0.25) is 0 Å². The van der Waals surface area contributed by atoms with Crippen molar-refractivity contribution >= 4 is 0 Å². The van der Waals surface area contributed by atoms with Gasteiger partial charge < -0.3 is 5.73 Å². The van der Waals surface area contributed by atoms with Gasteiger partial charge in [0.05, 0.1) is 0 Å². The molecule has 0 radical (unpaired) electrons. The highest BCUT2D eigenvalue weighted by molar-refractivity contribution is 5.27. The van der Waals surface area contributed by atoms with Gasteiger partial charge in [0.25, 0.3) is 0 Å². The largest absolute Gasteiger partial charge is 0.324 e. The summed E-state index contributed by atoms with van der Waals surface area (Å²) in [6, 6.07) is 2.33. The molecule has 0 spiro atoms. The summed E-state index contributed by atoms with van der Waals surface area (Å²) >= 11 is 0. The van der Waals surface area contributed by atoms with E-state index in [1.807, 2.05) is 12.4 Å². The van der Waals surface area contributed by atoms with E-state index in [1.54, 1.807) is 0 Å². The molecule has 16 heavy (non-hydrogen) atoms. The number of aryl methyl sites for hydroxylation is 1. The highest BCUT2D eigenvalue weighted by atomic mass is 14.7. The van der Waals surface area contributed by atoms with Crippen LogP contribution in [0.25, 0.3) is 0 Å². The minimum absolute atomic E-state index is 0.221. The van der Waals surface area contributed by atoms with Crippen molar-refractivity contribution in [2.75, 3.05) is 0 Å². The molecule has 2 heteroatoms. The number of nitrogens with zero attached hydrogens (tertiary/aromatic N) is 1. The Labute approximate surface area is 98.3 Å². The molecule has 2 N–H and O–H groups in total. The smallest absolute Gasteiger partial charge is 0.0327 e. The summed E-state index contributed by atoms with van der Waals surface area (Å²) in [5.41, 5.74) is 9.06. The Kier molecular flexibility index (Phi) is 3.94. The highest BCUT2D eigenvalue weighted by Crippen LogP contribution is 2.33. The second-order valence-corrected chi connectivity index (χ2v) is 4.85. The van der Waals surface area contributed by atoms with Crippen LogP contribution in [0, 0.1) is 5.92 Å². The van der Waals surface area contributed by atoms with Gasteiger partial charge in [0.2, 0.25) is 0 Å². The van der Waals surface area contributed by atoms with E-state index in [0.29, 0.717) is 5.92 Å². The summed E-state index contributed by atoms with van der Waals surface area (Å²) in [5.74, 6) is 0.682. The van der Waals surface area contributed by atoms with E-state index in [2.05, 4.69) is 18.0 Å². The van der Waals surface area contributed by atoms with Gasteiger partial charge in [0.1, 0.15) is 0 Å². The Morgan fingerprint density at radius 3 is 2.81 bits per heavy atom. The van der Waals surface area contributed by atoms with Gasteiger partial charge in [-0.1, -0.05) is 26.2 Å². The summed E-state index contributed by atoms with van der Waals surface area (Å²) in [7, 11) is 0. The third kappa shape index (κ3) is 2.43. The molecule has 1 heterocycles. The number of rotatable bonds is 3. The van der Waals surface area contributed by atoms with Crippen LogP contribution < -0.4 is 5.73 Å². The average Bonchev–Trinajstić information content (AvgIpc) is 2.39. The quantitative estimate of drug-likeness (QED) is 0.846. The molecule has 2 nitrogen and oxygen atoms in total. The zero-order valence-corrected chi connectivity index (χ0v) is 10.2. The maximum Gasteiger partial charge on any atom is 0.0327 e. The van der Waals surface area contributed by atoms with Crippen LogP contribution in [-0.4, -0.2) is 4.98 Å². The number of aromatic nitrogens is 1. The lowest BCUT2D eigenvalue weighted by atomic mass is 9.80. The first-order valence-corrected chi connectivity index (χ1v) is 6.51. The predicted molar refractivity (Wildman–Crippen MR) is 67.1 cm³/mol. The van der Waals surface area contributed by atoms with Gasteiger partial charge in [-0.3, -0.25) is 4.98 Å². The second-order valence-electron chi connectivity index (χ2n) is 4.85. The van der Waals surface area contributed by atoms with Gasteiger partial charge in [0.15, 0.2) is 0 Å². The Morgan fingerprint density at radius 2 is 2.12 bits per heavy atom. The molecule has 0 saturated heterocycles. The molecule has 0 bridgehead atoms. The van der Waals surface area contributed by atoms with Crippen LogP contribution in [0.1, 0.15) is 56.2 Å². The molecule has 0 aliphatic heterocycles. The average molecular weight is 218 g/mol. The molecule has 0 aromatic carbocycles. The van der Waals surface area contributed by atoms with E-state index < -0.39 is 0 Å². The zero-order chi connectivity index (χ0) is 11.4. The monoisotopic (exact) mass is 218 g/mol. The molecule has 1 aromatic rings. The molecule has 1 atom stereocenters. The maximum absolute atomic E-state index is 6.42. The van der Waals surface area contributed by atoms with E-state index in [9.17, 15) is 0 Å². The summed E-state index contributed by atoms with van der Waals surface area (Å²) in [6.45, 7) is 2.17. The Bertz CT molecular complexity index is 329. The molecular weight excluding hydrogens is 196 g/mol. The van der Waals surface area contributed by atoms with Crippen LogP contribution >= 0.6 is 0 Å². The normalized spacial score (nSPS) is 19.6. The standard InChI is InChI=1S/C14H22N2/c1-2-11-10-16-9-8-13(11)14(15)12-6-4-3-5-7-12/h8-10,12,14H,2-7,15H2,1H3. The van der Waals surface area contributed by atoms with Gasteiger partial charge in [-0.15, -0.1) is 0 Å². The lowest BCUT2D eigenvalue weighted by Gasteiger charge is -2.28. The molecule has 1 saturated carbocycles.